The number of carbonyl (C=O) groups excluding carboxylic acids is 1. The third kappa shape index (κ3) is 3.55. The molecule has 2 aromatic rings. The lowest BCUT2D eigenvalue weighted by molar-refractivity contribution is -0.384. The number of hydrogen-bond donors (Lipinski definition) is 2. The predicted molar refractivity (Wildman–Crippen MR) is 102 cm³/mol. The molecule has 1 amide bonds. The number of para-hydroxylation sites is 1. The van der Waals surface area contributed by atoms with Gasteiger partial charge < -0.3 is 20.3 Å². The second-order valence-corrected chi connectivity index (χ2v) is 6.84. The van der Waals surface area contributed by atoms with Gasteiger partial charge in [-0.1, -0.05) is 12.1 Å². The molecule has 146 valence electrons. The molecule has 1 saturated heterocycles. The van der Waals surface area contributed by atoms with Gasteiger partial charge >= 0.3 is 0 Å². The number of halogens is 1. The van der Waals surface area contributed by atoms with E-state index in [1.165, 1.54) is 18.2 Å². The molecule has 0 bridgehead atoms. The van der Waals surface area contributed by atoms with Crippen LogP contribution in [0.25, 0.3) is 0 Å². The molecule has 0 aliphatic carbocycles. The summed E-state index contributed by atoms with van der Waals surface area (Å²) in [6.45, 7) is 1.06. The number of nitro benzene ring substituents is 1. The molecule has 2 N–H and O–H groups in total. The van der Waals surface area contributed by atoms with E-state index in [1.54, 1.807) is 18.2 Å². The second-order valence-electron chi connectivity index (χ2n) is 6.84. The first-order valence-electron chi connectivity index (χ1n) is 9.02. The Morgan fingerprint density at radius 1 is 1.32 bits per heavy atom. The average Bonchev–Trinajstić information content (AvgIpc) is 2.68. The summed E-state index contributed by atoms with van der Waals surface area (Å²) in [6, 6.07) is 9.30. The van der Waals surface area contributed by atoms with Gasteiger partial charge in [-0.2, -0.15) is 0 Å². The Hall–Kier alpha value is -3.36. The number of rotatable bonds is 4. The van der Waals surface area contributed by atoms with Crippen LogP contribution in [0, 0.1) is 15.9 Å². The van der Waals surface area contributed by atoms with Crippen molar-refractivity contribution in [3.63, 3.8) is 0 Å². The van der Waals surface area contributed by atoms with Crippen LogP contribution in [-0.4, -0.2) is 36.6 Å². The summed E-state index contributed by atoms with van der Waals surface area (Å²) in [5.41, 5.74) is 1.09. The maximum absolute atomic E-state index is 14.1. The van der Waals surface area contributed by atoms with Gasteiger partial charge in [-0.3, -0.25) is 14.9 Å². The minimum atomic E-state index is -0.486. The van der Waals surface area contributed by atoms with Crippen LogP contribution >= 0.6 is 0 Å². The van der Waals surface area contributed by atoms with Crippen molar-refractivity contribution in [3.8, 4) is 5.75 Å². The first-order chi connectivity index (χ1) is 13.5. The molecule has 28 heavy (non-hydrogen) atoms. The van der Waals surface area contributed by atoms with Gasteiger partial charge in [0.2, 0.25) is 0 Å². The van der Waals surface area contributed by atoms with Gasteiger partial charge in [0, 0.05) is 19.1 Å². The lowest BCUT2D eigenvalue weighted by Crippen LogP contribution is -2.42. The first kappa shape index (κ1) is 18.0. The van der Waals surface area contributed by atoms with Crippen LogP contribution in [0.5, 0.6) is 5.75 Å². The summed E-state index contributed by atoms with van der Waals surface area (Å²) in [5.74, 6) is -0.327. The van der Waals surface area contributed by atoms with Crippen molar-refractivity contribution in [2.24, 2.45) is 0 Å². The molecule has 2 aromatic carbocycles. The molecule has 1 fully saturated rings. The zero-order valence-electron chi connectivity index (χ0n) is 15.0. The smallest absolute Gasteiger partial charge is 0.296 e. The average molecular weight is 386 g/mol. The fraction of sp³-hybridized carbons (Fsp3) is 0.316. The van der Waals surface area contributed by atoms with Crippen LogP contribution in [0.2, 0.25) is 0 Å². The summed E-state index contributed by atoms with van der Waals surface area (Å²) >= 11 is 0. The van der Waals surface area contributed by atoms with E-state index in [9.17, 15) is 19.3 Å². The summed E-state index contributed by atoms with van der Waals surface area (Å²) in [6.07, 6.45) is 1.62. The van der Waals surface area contributed by atoms with Crippen LogP contribution in [0.3, 0.4) is 0 Å². The van der Waals surface area contributed by atoms with Crippen LogP contribution < -0.4 is 20.3 Å². The van der Waals surface area contributed by atoms with Gasteiger partial charge in [0.15, 0.2) is 12.4 Å². The molecule has 4 rings (SSSR count). The fourth-order valence-corrected chi connectivity index (χ4v) is 3.62. The van der Waals surface area contributed by atoms with Crippen molar-refractivity contribution in [3.05, 3.63) is 52.3 Å². The Kier molecular flexibility index (Phi) is 4.72. The molecule has 0 spiro atoms. The van der Waals surface area contributed by atoms with Gasteiger partial charge in [-0.25, -0.2) is 4.39 Å². The van der Waals surface area contributed by atoms with E-state index in [0.717, 1.165) is 19.4 Å². The molecular formula is C19H19FN4O4. The molecule has 2 aliphatic heterocycles. The topological polar surface area (TPSA) is 96.7 Å². The van der Waals surface area contributed by atoms with Gasteiger partial charge in [-0.05, 0) is 31.0 Å². The van der Waals surface area contributed by atoms with Crippen molar-refractivity contribution in [1.82, 2.24) is 0 Å². The Morgan fingerprint density at radius 2 is 2.14 bits per heavy atom. The normalized spacial score (nSPS) is 18.7. The van der Waals surface area contributed by atoms with Crippen LogP contribution in [0.1, 0.15) is 12.8 Å². The van der Waals surface area contributed by atoms with Crippen molar-refractivity contribution < 1.29 is 18.8 Å². The van der Waals surface area contributed by atoms with E-state index in [2.05, 4.69) is 10.6 Å². The molecule has 0 aromatic heterocycles. The quantitative estimate of drug-likeness (QED) is 0.619. The van der Waals surface area contributed by atoms with Gasteiger partial charge in [0.1, 0.15) is 11.5 Å². The van der Waals surface area contributed by atoms with Crippen LogP contribution in [-0.2, 0) is 4.79 Å². The van der Waals surface area contributed by atoms with E-state index < -0.39 is 4.92 Å². The lowest BCUT2D eigenvalue weighted by Gasteiger charge is -2.35. The predicted octanol–water partition coefficient (Wildman–Crippen LogP) is 3.15. The number of benzene rings is 2. The number of piperidine rings is 1. The Balaban J connectivity index is 1.58. The third-order valence-corrected chi connectivity index (χ3v) is 4.90. The first-order valence-corrected chi connectivity index (χ1v) is 9.02. The van der Waals surface area contributed by atoms with Crippen molar-refractivity contribution in [1.29, 1.82) is 0 Å². The Morgan fingerprint density at radius 3 is 2.93 bits per heavy atom. The SMILES string of the molecule is O=C1COc2cc([N+](=O)[O-])c(NC3CCCN(c4ccccc4F)C3)cc2N1. The molecule has 9 heteroatoms. The highest BCUT2D eigenvalue weighted by Crippen LogP contribution is 2.38. The molecular weight excluding hydrogens is 367 g/mol. The number of anilines is 3. The summed E-state index contributed by atoms with van der Waals surface area (Å²) in [7, 11) is 0. The minimum absolute atomic E-state index is 0.106. The van der Waals surface area contributed by atoms with Crippen LogP contribution in [0.4, 0.5) is 27.1 Å². The standard InChI is InChI=1S/C19H19FN4O4/c20-13-5-1-2-6-16(13)23-7-3-4-12(10-23)21-14-8-15-18(9-17(14)24(26)27)28-11-19(25)22-15/h1-2,5-6,8-9,12,21H,3-4,7,10-11H2,(H,22,25). The number of amides is 1. The molecule has 1 unspecified atom stereocenters. The Bertz CT molecular complexity index is 936. The van der Waals surface area contributed by atoms with E-state index in [0.29, 0.717) is 23.6 Å². The molecule has 8 nitrogen and oxygen atoms in total. The monoisotopic (exact) mass is 386 g/mol. The highest BCUT2D eigenvalue weighted by Gasteiger charge is 2.27. The lowest BCUT2D eigenvalue weighted by atomic mass is 10.0. The second kappa shape index (κ2) is 7.34. The van der Waals surface area contributed by atoms with E-state index >= 15 is 0 Å². The molecule has 0 saturated carbocycles. The van der Waals surface area contributed by atoms with Gasteiger partial charge in [0.25, 0.3) is 11.6 Å². The van der Waals surface area contributed by atoms with Gasteiger partial charge in [-0.15, -0.1) is 0 Å². The largest absolute Gasteiger partial charge is 0.481 e. The number of nitrogens with one attached hydrogen (secondary N) is 2. The fourth-order valence-electron chi connectivity index (χ4n) is 3.62. The molecule has 0 radical (unpaired) electrons. The maximum Gasteiger partial charge on any atom is 0.296 e. The molecule has 2 heterocycles. The van der Waals surface area contributed by atoms with Crippen LogP contribution in [0.15, 0.2) is 36.4 Å². The Labute approximate surface area is 160 Å². The van der Waals surface area contributed by atoms with Crippen molar-refractivity contribution in [2.75, 3.05) is 35.2 Å². The highest BCUT2D eigenvalue weighted by molar-refractivity contribution is 5.96. The number of nitrogens with zero attached hydrogens (tertiary/aromatic N) is 2. The highest BCUT2D eigenvalue weighted by atomic mass is 19.1. The number of ether oxygens (including phenoxy) is 1. The molecule has 1 atom stereocenters. The van der Waals surface area contributed by atoms with E-state index in [-0.39, 0.29) is 35.8 Å². The zero-order valence-corrected chi connectivity index (χ0v) is 15.0. The van der Waals surface area contributed by atoms with Gasteiger partial charge in [0.05, 0.1) is 22.4 Å². The number of hydrogen-bond acceptors (Lipinski definition) is 6. The van der Waals surface area contributed by atoms with E-state index in [1.807, 2.05) is 4.90 Å². The number of fused-ring (bicyclic) bond motifs is 1. The summed E-state index contributed by atoms with van der Waals surface area (Å²) in [4.78, 5) is 24.5. The zero-order chi connectivity index (χ0) is 19.7. The third-order valence-electron chi connectivity index (χ3n) is 4.90. The van der Waals surface area contributed by atoms with E-state index in [4.69, 9.17) is 4.74 Å². The maximum atomic E-state index is 14.1. The van der Waals surface area contributed by atoms with Crippen molar-refractivity contribution >= 4 is 28.7 Å². The number of carbonyl (C=O) groups is 1. The minimum Gasteiger partial charge on any atom is -0.481 e. The number of nitro groups is 1. The summed E-state index contributed by atoms with van der Waals surface area (Å²) in [5, 5.41) is 17.4. The van der Waals surface area contributed by atoms with Crippen molar-refractivity contribution in [2.45, 2.75) is 18.9 Å². The molecule has 2 aliphatic rings. The summed E-state index contributed by atoms with van der Waals surface area (Å²) < 4.78 is 19.4.